The molecular weight excluding hydrogens is 344 g/mol. The summed E-state index contributed by atoms with van der Waals surface area (Å²) in [7, 11) is 0. The minimum Gasteiger partial charge on any atom is -0.306 e. The Hall–Kier alpha value is -0.780. The van der Waals surface area contributed by atoms with Crippen LogP contribution in [0.4, 0.5) is 8.78 Å². The Balaban J connectivity index is 2.49. The van der Waals surface area contributed by atoms with E-state index in [4.69, 9.17) is 0 Å². The molecule has 1 heterocycles. The second kappa shape index (κ2) is 6.78. The second-order valence-electron chi connectivity index (χ2n) is 4.66. The van der Waals surface area contributed by atoms with Gasteiger partial charge in [0.15, 0.2) is 0 Å². The topological polar surface area (TPSA) is 12.0 Å². The summed E-state index contributed by atoms with van der Waals surface area (Å²) in [5, 5.41) is 5.15. The maximum absolute atomic E-state index is 14.3. The summed E-state index contributed by atoms with van der Waals surface area (Å²) in [5.74, 6) is -0.982. The van der Waals surface area contributed by atoms with Gasteiger partial charge in [-0.15, -0.1) is 11.3 Å². The SMILES string of the molecule is CCCNC(c1csc(Br)c1)c1c(F)ccc(C)c1F. The van der Waals surface area contributed by atoms with Crippen molar-refractivity contribution in [2.24, 2.45) is 0 Å². The van der Waals surface area contributed by atoms with Crippen molar-refractivity contribution in [3.05, 3.63) is 55.7 Å². The molecule has 0 bridgehead atoms. The van der Waals surface area contributed by atoms with Crippen LogP contribution in [-0.4, -0.2) is 6.54 Å². The molecule has 0 spiro atoms. The van der Waals surface area contributed by atoms with Crippen molar-refractivity contribution in [3.8, 4) is 0 Å². The molecular formula is C15H16BrF2NS. The largest absolute Gasteiger partial charge is 0.306 e. The van der Waals surface area contributed by atoms with Gasteiger partial charge in [0.25, 0.3) is 0 Å². The van der Waals surface area contributed by atoms with Crippen LogP contribution in [0.15, 0.2) is 27.4 Å². The van der Waals surface area contributed by atoms with Crippen molar-refractivity contribution in [3.63, 3.8) is 0 Å². The van der Waals surface area contributed by atoms with Gasteiger partial charge in [0.1, 0.15) is 11.6 Å². The molecule has 1 aromatic carbocycles. The summed E-state index contributed by atoms with van der Waals surface area (Å²) in [5.41, 5.74) is 1.43. The molecule has 0 amide bonds. The zero-order valence-corrected chi connectivity index (χ0v) is 13.7. The lowest BCUT2D eigenvalue weighted by Gasteiger charge is -2.20. The molecule has 20 heavy (non-hydrogen) atoms. The third-order valence-electron chi connectivity index (χ3n) is 3.13. The lowest BCUT2D eigenvalue weighted by atomic mass is 9.98. The highest BCUT2D eigenvalue weighted by Gasteiger charge is 2.23. The smallest absolute Gasteiger partial charge is 0.134 e. The predicted octanol–water partition coefficient (Wildman–Crippen LogP) is 5.19. The molecule has 108 valence electrons. The Bertz CT molecular complexity index is 598. The lowest BCUT2D eigenvalue weighted by Crippen LogP contribution is -2.25. The minimum absolute atomic E-state index is 0.101. The first-order valence-corrected chi connectivity index (χ1v) is 8.13. The van der Waals surface area contributed by atoms with Crippen LogP contribution in [0, 0.1) is 18.6 Å². The molecule has 0 fully saturated rings. The quantitative estimate of drug-likeness (QED) is 0.774. The number of thiophene rings is 1. The van der Waals surface area contributed by atoms with Gasteiger partial charge in [-0.05, 0) is 64.5 Å². The highest BCUT2D eigenvalue weighted by Crippen LogP contribution is 2.32. The molecule has 5 heteroatoms. The molecule has 0 saturated heterocycles. The molecule has 1 N–H and O–H groups in total. The number of hydrogen-bond acceptors (Lipinski definition) is 2. The van der Waals surface area contributed by atoms with E-state index in [1.54, 1.807) is 6.92 Å². The van der Waals surface area contributed by atoms with Crippen LogP contribution in [0.1, 0.15) is 36.1 Å². The van der Waals surface area contributed by atoms with E-state index in [0.29, 0.717) is 12.1 Å². The van der Waals surface area contributed by atoms with Crippen LogP contribution < -0.4 is 5.32 Å². The highest BCUT2D eigenvalue weighted by atomic mass is 79.9. The molecule has 0 radical (unpaired) electrons. The Morgan fingerprint density at radius 2 is 2.10 bits per heavy atom. The lowest BCUT2D eigenvalue weighted by molar-refractivity contribution is 0.500. The first-order valence-electron chi connectivity index (χ1n) is 6.46. The van der Waals surface area contributed by atoms with Gasteiger partial charge in [-0.2, -0.15) is 0 Å². The van der Waals surface area contributed by atoms with E-state index in [1.807, 2.05) is 18.4 Å². The van der Waals surface area contributed by atoms with Crippen LogP contribution in [0.5, 0.6) is 0 Å². The van der Waals surface area contributed by atoms with E-state index in [0.717, 1.165) is 15.8 Å². The highest BCUT2D eigenvalue weighted by molar-refractivity contribution is 9.11. The van der Waals surface area contributed by atoms with Crippen molar-refractivity contribution >= 4 is 27.3 Å². The third-order valence-corrected chi connectivity index (χ3v) is 4.65. The number of rotatable bonds is 5. The van der Waals surface area contributed by atoms with Gasteiger partial charge in [0, 0.05) is 5.56 Å². The maximum atomic E-state index is 14.3. The molecule has 2 rings (SSSR count). The number of benzene rings is 1. The van der Waals surface area contributed by atoms with E-state index in [2.05, 4.69) is 21.2 Å². The monoisotopic (exact) mass is 359 g/mol. The van der Waals surface area contributed by atoms with Crippen molar-refractivity contribution in [1.82, 2.24) is 5.32 Å². The Morgan fingerprint density at radius 3 is 2.70 bits per heavy atom. The van der Waals surface area contributed by atoms with Crippen LogP contribution in [0.25, 0.3) is 0 Å². The second-order valence-corrected chi connectivity index (χ2v) is 6.95. The van der Waals surface area contributed by atoms with Gasteiger partial charge in [0.05, 0.1) is 9.83 Å². The fourth-order valence-corrected chi connectivity index (χ4v) is 3.29. The average molecular weight is 360 g/mol. The van der Waals surface area contributed by atoms with E-state index >= 15 is 0 Å². The van der Waals surface area contributed by atoms with Crippen LogP contribution >= 0.6 is 27.3 Å². The van der Waals surface area contributed by atoms with Crippen molar-refractivity contribution in [2.45, 2.75) is 26.3 Å². The van der Waals surface area contributed by atoms with Crippen LogP contribution in [0.2, 0.25) is 0 Å². The Kier molecular flexibility index (Phi) is 5.29. The maximum Gasteiger partial charge on any atom is 0.134 e. The summed E-state index contributed by atoms with van der Waals surface area (Å²) in [6.45, 7) is 4.38. The standard InChI is InChI=1S/C15H16BrF2NS/c1-3-6-19-15(10-7-12(16)20-8-10)13-11(17)5-4-9(2)14(13)18/h4-5,7-8,15,19H,3,6H2,1-2H3. The zero-order valence-electron chi connectivity index (χ0n) is 11.3. The summed E-state index contributed by atoms with van der Waals surface area (Å²) >= 11 is 4.90. The number of nitrogens with one attached hydrogen (secondary N) is 1. The summed E-state index contributed by atoms with van der Waals surface area (Å²) in [6, 6.07) is 4.24. The molecule has 1 unspecified atom stereocenters. The van der Waals surface area contributed by atoms with Gasteiger partial charge in [-0.1, -0.05) is 13.0 Å². The number of halogens is 3. The normalized spacial score (nSPS) is 12.7. The van der Waals surface area contributed by atoms with E-state index in [-0.39, 0.29) is 5.56 Å². The Morgan fingerprint density at radius 1 is 1.35 bits per heavy atom. The van der Waals surface area contributed by atoms with E-state index in [1.165, 1.54) is 23.5 Å². The van der Waals surface area contributed by atoms with Gasteiger partial charge < -0.3 is 5.32 Å². The van der Waals surface area contributed by atoms with Gasteiger partial charge in [-0.25, -0.2) is 8.78 Å². The minimum atomic E-state index is -0.510. The number of hydrogen-bond donors (Lipinski definition) is 1. The number of aryl methyl sites for hydroxylation is 1. The fourth-order valence-electron chi connectivity index (χ4n) is 2.09. The molecule has 0 saturated carbocycles. The van der Waals surface area contributed by atoms with E-state index < -0.39 is 17.7 Å². The zero-order chi connectivity index (χ0) is 14.7. The van der Waals surface area contributed by atoms with Crippen molar-refractivity contribution in [1.29, 1.82) is 0 Å². The molecule has 0 aliphatic carbocycles. The molecule has 1 aromatic heterocycles. The van der Waals surface area contributed by atoms with Crippen molar-refractivity contribution < 1.29 is 8.78 Å². The van der Waals surface area contributed by atoms with Gasteiger partial charge in [0.2, 0.25) is 0 Å². The summed E-state index contributed by atoms with van der Waals surface area (Å²) in [6.07, 6.45) is 0.900. The third kappa shape index (κ3) is 3.27. The summed E-state index contributed by atoms with van der Waals surface area (Å²) < 4.78 is 29.4. The van der Waals surface area contributed by atoms with Crippen LogP contribution in [-0.2, 0) is 0 Å². The molecule has 1 atom stereocenters. The average Bonchev–Trinajstić information content (AvgIpc) is 2.84. The Labute approximate surface area is 130 Å². The van der Waals surface area contributed by atoms with E-state index in [9.17, 15) is 8.78 Å². The summed E-state index contributed by atoms with van der Waals surface area (Å²) in [4.78, 5) is 0. The first kappa shape index (κ1) is 15.6. The van der Waals surface area contributed by atoms with Crippen LogP contribution in [0.3, 0.4) is 0 Å². The first-order chi connectivity index (χ1) is 9.54. The fraction of sp³-hybridized carbons (Fsp3) is 0.333. The predicted molar refractivity (Wildman–Crippen MR) is 83.3 cm³/mol. The van der Waals surface area contributed by atoms with Gasteiger partial charge >= 0.3 is 0 Å². The van der Waals surface area contributed by atoms with Gasteiger partial charge in [-0.3, -0.25) is 0 Å². The molecule has 0 aliphatic rings. The molecule has 0 aliphatic heterocycles. The molecule has 2 aromatic rings. The van der Waals surface area contributed by atoms with Crippen molar-refractivity contribution in [2.75, 3.05) is 6.54 Å². The molecule has 1 nitrogen and oxygen atoms in total.